The molecule has 81 heavy (non-hydrogen) atoms. The second-order valence-electron chi connectivity index (χ2n) is 24.3. The number of carbonyl (C=O) groups is 1. The van der Waals surface area contributed by atoms with Crippen LogP contribution in [-0.4, -0.2) is 87.5 Å². The van der Waals surface area contributed by atoms with E-state index in [1.54, 1.807) is 6.08 Å². The summed E-state index contributed by atoms with van der Waals surface area (Å²) in [6, 6.07) is -0.830. The van der Waals surface area contributed by atoms with E-state index in [2.05, 4.69) is 67.8 Å². The zero-order chi connectivity index (χ0) is 58.6. The molecule has 0 aromatic heterocycles. The van der Waals surface area contributed by atoms with Crippen LogP contribution in [0.15, 0.2) is 60.8 Å². The number of hydrogen-bond acceptors (Lipinski definition) is 8. The zero-order valence-corrected chi connectivity index (χ0v) is 53.0. The van der Waals surface area contributed by atoms with Gasteiger partial charge in [-0.15, -0.1) is 0 Å². The van der Waals surface area contributed by atoms with E-state index >= 15 is 0 Å². The van der Waals surface area contributed by atoms with Crippen LogP contribution in [-0.2, 0) is 14.3 Å². The van der Waals surface area contributed by atoms with E-state index in [1.165, 1.54) is 263 Å². The molecular formula is C72H133NO8. The Morgan fingerprint density at radius 3 is 1.11 bits per heavy atom. The highest BCUT2D eigenvalue weighted by molar-refractivity contribution is 5.76. The minimum Gasteiger partial charge on any atom is -0.394 e. The topological polar surface area (TPSA) is 149 Å². The van der Waals surface area contributed by atoms with Crippen molar-refractivity contribution in [2.75, 3.05) is 13.2 Å². The van der Waals surface area contributed by atoms with Gasteiger partial charge in [0.05, 0.1) is 25.4 Å². The highest BCUT2D eigenvalue weighted by atomic mass is 16.7. The molecule has 0 spiro atoms. The molecular weight excluding hydrogens is 1010 g/mol. The standard InChI is InChI=1S/C72H133NO8/c1-3-5-7-9-11-13-15-17-19-21-23-25-27-29-30-31-32-33-34-35-36-38-40-42-44-46-48-50-52-54-56-58-60-62-68(76)73-65(64-80-72-71(79)70(78)69(77)67(63-74)81-72)66(75)61-59-57-55-53-51-49-47-45-43-41-39-37-28-26-24-22-20-18-16-14-12-10-8-6-4-2/h15,17,21,23,43,45,51,53,59,61,65-67,69-72,74-75,77-79H,3-14,16,18-20,22,24-42,44,46-50,52,54-58,60,62-64H2,1-2H3,(H,73,76)/b17-15-,23-21-,45-43+,53-51+,61-59+. The maximum Gasteiger partial charge on any atom is 0.220 e. The monoisotopic (exact) mass is 1140 g/mol. The molecule has 1 amide bonds. The Morgan fingerprint density at radius 2 is 0.741 bits per heavy atom. The molecule has 1 aliphatic heterocycles. The Labute approximate surface area is 500 Å². The molecule has 9 heteroatoms. The van der Waals surface area contributed by atoms with Gasteiger partial charge in [-0.1, -0.05) is 312 Å². The van der Waals surface area contributed by atoms with Crippen LogP contribution in [0.3, 0.4) is 0 Å². The van der Waals surface area contributed by atoms with Gasteiger partial charge in [-0.3, -0.25) is 4.79 Å². The van der Waals surface area contributed by atoms with Crippen LogP contribution in [0.4, 0.5) is 0 Å². The van der Waals surface area contributed by atoms with Crippen molar-refractivity contribution in [1.29, 1.82) is 0 Å². The van der Waals surface area contributed by atoms with Crippen molar-refractivity contribution in [3.63, 3.8) is 0 Å². The number of aliphatic hydroxyl groups excluding tert-OH is 5. The van der Waals surface area contributed by atoms with Gasteiger partial charge in [-0.25, -0.2) is 0 Å². The molecule has 0 saturated carbocycles. The van der Waals surface area contributed by atoms with Gasteiger partial charge < -0.3 is 40.3 Å². The largest absolute Gasteiger partial charge is 0.394 e. The van der Waals surface area contributed by atoms with Gasteiger partial charge in [0, 0.05) is 6.42 Å². The molecule has 1 saturated heterocycles. The molecule has 1 rings (SSSR count). The predicted octanol–water partition coefficient (Wildman–Crippen LogP) is 19.0. The van der Waals surface area contributed by atoms with Crippen molar-refractivity contribution in [3.8, 4) is 0 Å². The molecule has 0 bridgehead atoms. The quantitative estimate of drug-likeness (QED) is 0.0261. The molecule has 0 radical (unpaired) electrons. The van der Waals surface area contributed by atoms with Gasteiger partial charge in [0.25, 0.3) is 0 Å². The highest BCUT2D eigenvalue weighted by Crippen LogP contribution is 2.23. The number of ether oxygens (including phenoxy) is 2. The van der Waals surface area contributed by atoms with Crippen molar-refractivity contribution < 1.29 is 39.8 Å². The zero-order valence-electron chi connectivity index (χ0n) is 53.0. The maximum atomic E-state index is 13.1. The summed E-state index contributed by atoms with van der Waals surface area (Å²) in [5.41, 5.74) is 0. The lowest BCUT2D eigenvalue weighted by Gasteiger charge is -2.40. The molecule has 7 unspecified atom stereocenters. The lowest BCUT2D eigenvalue weighted by atomic mass is 9.99. The summed E-state index contributed by atoms with van der Waals surface area (Å²) >= 11 is 0. The van der Waals surface area contributed by atoms with E-state index < -0.39 is 49.5 Å². The van der Waals surface area contributed by atoms with Crippen molar-refractivity contribution >= 4 is 5.91 Å². The first-order valence-electron chi connectivity index (χ1n) is 35.0. The third-order valence-electron chi connectivity index (χ3n) is 16.5. The number of amides is 1. The normalized spacial score (nSPS) is 18.7. The van der Waals surface area contributed by atoms with Gasteiger partial charge in [-0.05, 0) is 77.0 Å². The SMILES string of the molecule is CCCCCCC/C=C\C/C=C\CCCCCCCCCCCCCCCCCCCCCCCC(=O)NC(COC1OC(CO)C(O)C(O)C1O)C(O)/C=C/CC/C=C/CC/C=C/CCCCCCCCCCCCCCCCC. The van der Waals surface area contributed by atoms with Gasteiger partial charge in [0.1, 0.15) is 24.4 Å². The predicted molar refractivity (Wildman–Crippen MR) is 346 cm³/mol. The van der Waals surface area contributed by atoms with E-state index in [9.17, 15) is 30.3 Å². The number of hydrogen-bond donors (Lipinski definition) is 6. The Kier molecular flexibility index (Phi) is 57.9. The molecule has 474 valence electrons. The second-order valence-corrected chi connectivity index (χ2v) is 24.3. The Balaban J connectivity index is 2.14. The summed E-state index contributed by atoms with van der Waals surface area (Å²) in [6.07, 6.45) is 77.6. The van der Waals surface area contributed by atoms with Crippen molar-refractivity contribution in [1.82, 2.24) is 5.32 Å². The number of nitrogens with one attached hydrogen (secondary N) is 1. The highest BCUT2D eigenvalue weighted by Gasteiger charge is 2.44. The summed E-state index contributed by atoms with van der Waals surface area (Å²) in [7, 11) is 0. The van der Waals surface area contributed by atoms with Crippen molar-refractivity contribution in [2.24, 2.45) is 0 Å². The number of unbranched alkanes of at least 4 members (excludes halogenated alkanes) is 43. The smallest absolute Gasteiger partial charge is 0.220 e. The first-order chi connectivity index (χ1) is 39.8. The number of aliphatic hydroxyl groups is 5. The average Bonchev–Trinajstić information content (AvgIpc) is 3.50. The molecule has 1 fully saturated rings. The fraction of sp³-hybridized carbons (Fsp3) is 0.847. The summed E-state index contributed by atoms with van der Waals surface area (Å²) in [5, 5.41) is 54.7. The number of rotatable bonds is 61. The van der Waals surface area contributed by atoms with Crippen LogP contribution in [0.25, 0.3) is 0 Å². The minimum atomic E-state index is -1.58. The summed E-state index contributed by atoms with van der Waals surface area (Å²) in [4.78, 5) is 13.1. The fourth-order valence-corrected chi connectivity index (χ4v) is 11.0. The molecule has 7 atom stereocenters. The van der Waals surface area contributed by atoms with E-state index in [0.29, 0.717) is 6.42 Å². The Bertz CT molecular complexity index is 1460. The molecule has 0 aromatic carbocycles. The lowest BCUT2D eigenvalue weighted by molar-refractivity contribution is -0.302. The van der Waals surface area contributed by atoms with Crippen LogP contribution in [0.1, 0.15) is 335 Å². The van der Waals surface area contributed by atoms with Crippen LogP contribution in [0.5, 0.6) is 0 Å². The molecule has 6 N–H and O–H groups in total. The first-order valence-corrected chi connectivity index (χ1v) is 35.0. The van der Waals surface area contributed by atoms with Gasteiger partial charge >= 0.3 is 0 Å². The first kappa shape index (κ1) is 76.9. The van der Waals surface area contributed by atoms with E-state index in [4.69, 9.17) is 9.47 Å². The average molecular weight is 1140 g/mol. The number of carbonyl (C=O) groups excluding carboxylic acids is 1. The van der Waals surface area contributed by atoms with Crippen LogP contribution >= 0.6 is 0 Å². The third-order valence-corrected chi connectivity index (χ3v) is 16.5. The van der Waals surface area contributed by atoms with E-state index in [0.717, 1.165) is 51.4 Å². The van der Waals surface area contributed by atoms with Crippen LogP contribution < -0.4 is 5.32 Å². The summed E-state index contributed by atoms with van der Waals surface area (Å²) in [6.45, 7) is 3.79. The van der Waals surface area contributed by atoms with Gasteiger partial charge in [0.15, 0.2) is 6.29 Å². The second kappa shape index (κ2) is 61.0. The summed E-state index contributed by atoms with van der Waals surface area (Å²) < 4.78 is 11.3. The van der Waals surface area contributed by atoms with Crippen LogP contribution in [0, 0.1) is 0 Å². The van der Waals surface area contributed by atoms with Gasteiger partial charge in [-0.2, -0.15) is 0 Å². The molecule has 1 aliphatic rings. The minimum absolute atomic E-state index is 0.186. The fourth-order valence-electron chi connectivity index (χ4n) is 11.0. The van der Waals surface area contributed by atoms with Crippen molar-refractivity contribution in [2.45, 2.75) is 378 Å². The van der Waals surface area contributed by atoms with Gasteiger partial charge in [0.2, 0.25) is 5.91 Å². The summed E-state index contributed by atoms with van der Waals surface area (Å²) in [5.74, 6) is -0.186. The van der Waals surface area contributed by atoms with E-state index in [1.807, 2.05) is 6.08 Å². The number of allylic oxidation sites excluding steroid dienone is 9. The Hall–Kier alpha value is -2.11. The molecule has 0 aliphatic carbocycles. The van der Waals surface area contributed by atoms with E-state index in [-0.39, 0.29) is 12.5 Å². The Morgan fingerprint density at radius 1 is 0.420 bits per heavy atom. The maximum absolute atomic E-state index is 13.1. The molecule has 9 nitrogen and oxygen atoms in total. The van der Waals surface area contributed by atoms with Crippen LogP contribution in [0.2, 0.25) is 0 Å². The van der Waals surface area contributed by atoms with Crippen molar-refractivity contribution in [3.05, 3.63) is 60.8 Å². The lowest BCUT2D eigenvalue weighted by Crippen LogP contribution is -2.60. The molecule has 1 heterocycles. The molecule has 0 aromatic rings. The third kappa shape index (κ3) is 49.8.